The summed E-state index contributed by atoms with van der Waals surface area (Å²) in [6.45, 7) is 3.79. The second-order valence-electron chi connectivity index (χ2n) is 5.65. The maximum absolute atomic E-state index is 10.8. The number of hydrogen-bond donors (Lipinski definition) is 1. The molecule has 3 rings (SSSR count). The summed E-state index contributed by atoms with van der Waals surface area (Å²) in [4.78, 5) is 12.4. The average Bonchev–Trinajstić information content (AvgIpc) is 2.57. The van der Waals surface area contributed by atoms with Crippen LogP contribution in [-0.2, 0) is 11.3 Å². The molecule has 0 saturated heterocycles. The van der Waals surface area contributed by atoms with Gasteiger partial charge in [-0.25, -0.2) is 0 Å². The fourth-order valence-corrected chi connectivity index (χ4v) is 2.51. The predicted octanol–water partition coefficient (Wildman–Crippen LogP) is 3.10. The molecular weight excluding hydrogens is 292 g/mol. The number of ether oxygens (including phenoxy) is 2. The highest BCUT2D eigenvalue weighted by molar-refractivity contribution is 5.64. The van der Waals surface area contributed by atoms with E-state index >= 15 is 0 Å². The number of nitrogens with one attached hydrogen (secondary N) is 1. The maximum atomic E-state index is 10.8. The number of nitrogens with zero attached hydrogens (tertiary/aromatic N) is 1. The number of anilines is 2. The van der Waals surface area contributed by atoms with Crippen LogP contribution in [0.15, 0.2) is 36.4 Å². The van der Waals surface area contributed by atoms with Crippen molar-refractivity contribution in [2.24, 2.45) is 0 Å². The van der Waals surface area contributed by atoms with Crippen molar-refractivity contribution in [3.8, 4) is 11.5 Å². The molecule has 1 N–H and O–H groups in total. The molecule has 1 amide bonds. The van der Waals surface area contributed by atoms with Crippen molar-refractivity contribution in [2.45, 2.75) is 13.5 Å². The Balaban J connectivity index is 1.80. The van der Waals surface area contributed by atoms with Crippen molar-refractivity contribution in [1.29, 1.82) is 0 Å². The monoisotopic (exact) mass is 312 g/mol. The molecule has 0 saturated carbocycles. The Morgan fingerprint density at radius 3 is 2.57 bits per heavy atom. The van der Waals surface area contributed by atoms with Crippen LogP contribution >= 0.6 is 0 Å². The summed E-state index contributed by atoms with van der Waals surface area (Å²) in [5.74, 6) is 1.54. The molecule has 5 nitrogen and oxygen atoms in total. The second-order valence-corrected chi connectivity index (χ2v) is 5.65. The van der Waals surface area contributed by atoms with Gasteiger partial charge in [0.25, 0.3) is 0 Å². The fourth-order valence-electron chi connectivity index (χ4n) is 2.51. The van der Waals surface area contributed by atoms with Crippen LogP contribution in [0.1, 0.15) is 11.1 Å². The van der Waals surface area contributed by atoms with Gasteiger partial charge < -0.3 is 19.7 Å². The number of fused-ring (bicyclic) bond motifs is 1. The molecule has 5 heteroatoms. The van der Waals surface area contributed by atoms with E-state index in [1.165, 1.54) is 0 Å². The van der Waals surface area contributed by atoms with E-state index in [0.29, 0.717) is 19.8 Å². The molecule has 0 aliphatic carbocycles. The van der Waals surface area contributed by atoms with E-state index in [0.717, 1.165) is 40.4 Å². The van der Waals surface area contributed by atoms with E-state index in [-0.39, 0.29) is 0 Å². The Morgan fingerprint density at radius 2 is 1.78 bits per heavy atom. The lowest BCUT2D eigenvalue weighted by molar-refractivity contribution is -0.117. The van der Waals surface area contributed by atoms with Gasteiger partial charge in [0.1, 0.15) is 13.2 Å². The van der Waals surface area contributed by atoms with Gasteiger partial charge in [0.2, 0.25) is 6.41 Å². The van der Waals surface area contributed by atoms with E-state index in [9.17, 15) is 4.79 Å². The van der Waals surface area contributed by atoms with Gasteiger partial charge in [-0.2, -0.15) is 0 Å². The molecular formula is C18H20N2O3. The Kier molecular flexibility index (Phi) is 4.37. The number of carbonyl (C=O) groups is 1. The van der Waals surface area contributed by atoms with Crippen LogP contribution in [0.25, 0.3) is 0 Å². The van der Waals surface area contributed by atoms with E-state index < -0.39 is 0 Å². The predicted molar refractivity (Wildman–Crippen MR) is 89.4 cm³/mol. The van der Waals surface area contributed by atoms with E-state index in [1.807, 2.05) is 37.3 Å². The number of amides is 1. The largest absolute Gasteiger partial charge is 0.486 e. The van der Waals surface area contributed by atoms with Crippen LogP contribution in [0.2, 0.25) is 0 Å². The van der Waals surface area contributed by atoms with Crippen molar-refractivity contribution in [3.05, 3.63) is 47.5 Å². The molecule has 1 heterocycles. The Morgan fingerprint density at radius 1 is 1.09 bits per heavy atom. The second kappa shape index (κ2) is 6.60. The van der Waals surface area contributed by atoms with Crippen LogP contribution < -0.4 is 14.8 Å². The summed E-state index contributed by atoms with van der Waals surface area (Å²) in [5.41, 5.74) is 4.18. The summed E-state index contributed by atoms with van der Waals surface area (Å²) in [7, 11) is 1.77. The first-order chi connectivity index (χ1) is 11.2. The first-order valence-electron chi connectivity index (χ1n) is 7.57. The van der Waals surface area contributed by atoms with E-state index in [4.69, 9.17) is 9.47 Å². The SMILES string of the molecule is Cc1ccc(Nc2ccc3c(c2)OCCO3)cc1CN(C)C=O. The Hall–Kier alpha value is -2.69. The van der Waals surface area contributed by atoms with Crippen molar-refractivity contribution in [2.75, 3.05) is 25.6 Å². The minimum atomic E-state index is 0.573. The molecule has 2 aromatic carbocycles. The summed E-state index contributed by atoms with van der Waals surface area (Å²) < 4.78 is 11.1. The molecule has 0 atom stereocenters. The number of carbonyl (C=O) groups excluding carboxylic acids is 1. The zero-order chi connectivity index (χ0) is 16.2. The first kappa shape index (κ1) is 15.2. The number of benzene rings is 2. The third kappa shape index (κ3) is 3.56. The molecule has 0 radical (unpaired) electrons. The van der Waals surface area contributed by atoms with Crippen LogP contribution in [0, 0.1) is 6.92 Å². The van der Waals surface area contributed by atoms with Crippen molar-refractivity contribution in [1.82, 2.24) is 4.90 Å². The summed E-state index contributed by atoms with van der Waals surface area (Å²) in [5, 5.41) is 3.37. The average molecular weight is 312 g/mol. The highest BCUT2D eigenvalue weighted by Gasteiger charge is 2.12. The molecule has 0 fully saturated rings. The summed E-state index contributed by atoms with van der Waals surface area (Å²) >= 11 is 0. The number of aryl methyl sites for hydroxylation is 1. The minimum Gasteiger partial charge on any atom is -0.486 e. The first-order valence-corrected chi connectivity index (χ1v) is 7.57. The highest BCUT2D eigenvalue weighted by Crippen LogP contribution is 2.33. The van der Waals surface area contributed by atoms with Gasteiger partial charge in [-0.3, -0.25) is 4.79 Å². The van der Waals surface area contributed by atoms with E-state index in [1.54, 1.807) is 11.9 Å². The Bertz CT molecular complexity index is 715. The van der Waals surface area contributed by atoms with Crippen LogP contribution in [0.4, 0.5) is 11.4 Å². The summed E-state index contributed by atoms with van der Waals surface area (Å²) in [6, 6.07) is 11.9. The quantitative estimate of drug-likeness (QED) is 0.862. The lowest BCUT2D eigenvalue weighted by Gasteiger charge is -2.19. The smallest absolute Gasteiger partial charge is 0.209 e. The van der Waals surface area contributed by atoms with Gasteiger partial charge in [-0.05, 0) is 42.3 Å². The lowest BCUT2D eigenvalue weighted by Crippen LogP contribution is -2.16. The maximum Gasteiger partial charge on any atom is 0.209 e. The summed E-state index contributed by atoms with van der Waals surface area (Å²) in [6.07, 6.45) is 0.834. The van der Waals surface area contributed by atoms with Gasteiger partial charge >= 0.3 is 0 Å². The van der Waals surface area contributed by atoms with Gasteiger partial charge in [0.05, 0.1) is 0 Å². The minimum absolute atomic E-state index is 0.573. The number of rotatable bonds is 5. The molecule has 2 aromatic rings. The normalized spacial score (nSPS) is 12.6. The lowest BCUT2D eigenvalue weighted by atomic mass is 10.1. The van der Waals surface area contributed by atoms with Crippen LogP contribution in [0.5, 0.6) is 11.5 Å². The van der Waals surface area contributed by atoms with E-state index in [2.05, 4.69) is 11.4 Å². The number of hydrogen-bond acceptors (Lipinski definition) is 4. The van der Waals surface area contributed by atoms with Gasteiger partial charge in [0.15, 0.2) is 11.5 Å². The Labute approximate surface area is 135 Å². The zero-order valence-electron chi connectivity index (χ0n) is 13.3. The molecule has 0 aromatic heterocycles. The third-order valence-electron chi connectivity index (χ3n) is 3.78. The zero-order valence-corrected chi connectivity index (χ0v) is 13.3. The molecule has 120 valence electrons. The third-order valence-corrected chi connectivity index (χ3v) is 3.78. The van der Waals surface area contributed by atoms with Gasteiger partial charge in [-0.1, -0.05) is 6.07 Å². The van der Waals surface area contributed by atoms with Crippen LogP contribution in [-0.4, -0.2) is 31.6 Å². The van der Waals surface area contributed by atoms with Gasteiger partial charge in [0, 0.05) is 31.0 Å². The fraction of sp³-hybridized carbons (Fsp3) is 0.278. The topological polar surface area (TPSA) is 50.8 Å². The van der Waals surface area contributed by atoms with Crippen molar-refractivity contribution in [3.63, 3.8) is 0 Å². The highest BCUT2D eigenvalue weighted by atomic mass is 16.6. The molecule has 0 unspecified atom stereocenters. The molecule has 0 spiro atoms. The van der Waals surface area contributed by atoms with Crippen LogP contribution in [0.3, 0.4) is 0 Å². The van der Waals surface area contributed by atoms with Gasteiger partial charge in [-0.15, -0.1) is 0 Å². The molecule has 1 aliphatic heterocycles. The molecule has 1 aliphatic rings. The molecule has 23 heavy (non-hydrogen) atoms. The van der Waals surface area contributed by atoms with Crippen molar-refractivity contribution < 1.29 is 14.3 Å². The molecule has 0 bridgehead atoms. The van der Waals surface area contributed by atoms with Crippen molar-refractivity contribution >= 4 is 17.8 Å². The standard InChI is InChI=1S/C18H20N2O3/c1-13-3-4-15(9-14(13)11-20(2)12-21)19-16-5-6-17-18(10-16)23-8-7-22-17/h3-6,9-10,12,19H,7-8,11H2,1-2H3.